The molecule has 0 saturated carbocycles. The second-order valence-corrected chi connectivity index (χ2v) is 2.89. The van der Waals surface area contributed by atoms with Crippen LogP contribution in [0.3, 0.4) is 0 Å². The van der Waals surface area contributed by atoms with Crippen LogP contribution in [0.4, 0.5) is 0 Å². The maximum absolute atomic E-state index is 11.3. The smallest absolute Gasteiger partial charge is 0.321 e. The summed E-state index contributed by atoms with van der Waals surface area (Å²) < 4.78 is 9.77. The summed E-state index contributed by atoms with van der Waals surface area (Å²) in [5.74, 6) is -0.529. The Labute approximate surface area is 78.2 Å². The zero-order valence-electron chi connectivity index (χ0n) is 8.33. The number of ether oxygens (including phenoxy) is 2. The van der Waals surface area contributed by atoms with E-state index >= 15 is 0 Å². The first-order chi connectivity index (χ1) is 6.10. The van der Waals surface area contributed by atoms with E-state index in [1.807, 2.05) is 0 Å². The monoisotopic (exact) mass is 188 g/mol. The molecule has 76 valence electrons. The first-order valence-corrected chi connectivity index (χ1v) is 4.32. The lowest BCUT2D eigenvalue weighted by molar-refractivity contribution is -0.159. The number of hydrogen-bond donors (Lipinski definition) is 0. The lowest BCUT2D eigenvalue weighted by Crippen LogP contribution is -2.36. The number of esters is 1. The highest BCUT2D eigenvalue weighted by atomic mass is 16.5. The molecular weight excluding hydrogens is 172 g/mol. The molecule has 0 N–H and O–H groups in total. The van der Waals surface area contributed by atoms with Gasteiger partial charge < -0.3 is 14.3 Å². The van der Waals surface area contributed by atoms with Crippen LogP contribution in [-0.4, -0.2) is 32.1 Å². The molecule has 4 heteroatoms. The Morgan fingerprint density at radius 1 is 1.38 bits per heavy atom. The molecule has 0 aliphatic carbocycles. The average Bonchev–Trinajstić information content (AvgIpc) is 2.14. The SMILES string of the molecule is CCOCC(C)(C=O)C(=O)OCC. The van der Waals surface area contributed by atoms with Crippen LogP contribution < -0.4 is 0 Å². The van der Waals surface area contributed by atoms with Crippen molar-refractivity contribution in [3.63, 3.8) is 0 Å². The van der Waals surface area contributed by atoms with Gasteiger partial charge >= 0.3 is 5.97 Å². The maximum atomic E-state index is 11.3. The normalized spacial score (nSPS) is 14.7. The fourth-order valence-electron chi connectivity index (χ4n) is 0.751. The van der Waals surface area contributed by atoms with Crippen molar-refractivity contribution in [2.75, 3.05) is 19.8 Å². The molecule has 0 amide bonds. The van der Waals surface area contributed by atoms with Crippen molar-refractivity contribution in [1.82, 2.24) is 0 Å². The summed E-state index contributed by atoms with van der Waals surface area (Å²) >= 11 is 0. The molecule has 0 rings (SSSR count). The van der Waals surface area contributed by atoms with Gasteiger partial charge in [0.1, 0.15) is 11.7 Å². The van der Waals surface area contributed by atoms with Gasteiger partial charge in [-0.1, -0.05) is 0 Å². The summed E-state index contributed by atoms with van der Waals surface area (Å²) in [5, 5.41) is 0. The van der Waals surface area contributed by atoms with Gasteiger partial charge in [-0.05, 0) is 20.8 Å². The van der Waals surface area contributed by atoms with Gasteiger partial charge in [0.15, 0.2) is 0 Å². The second kappa shape index (κ2) is 5.70. The number of hydrogen-bond acceptors (Lipinski definition) is 4. The minimum absolute atomic E-state index is 0.0752. The number of rotatable bonds is 6. The van der Waals surface area contributed by atoms with Crippen molar-refractivity contribution >= 4 is 12.3 Å². The average molecular weight is 188 g/mol. The van der Waals surface area contributed by atoms with E-state index in [2.05, 4.69) is 0 Å². The van der Waals surface area contributed by atoms with Gasteiger partial charge in [-0.2, -0.15) is 0 Å². The molecule has 0 aromatic rings. The molecule has 0 heterocycles. The topological polar surface area (TPSA) is 52.6 Å². The first kappa shape index (κ1) is 12.1. The highest BCUT2D eigenvalue weighted by Crippen LogP contribution is 2.15. The van der Waals surface area contributed by atoms with Crippen LogP contribution in [-0.2, 0) is 19.1 Å². The molecule has 0 aliphatic rings. The Kier molecular flexibility index (Phi) is 5.30. The van der Waals surface area contributed by atoms with Gasteiger partial charge in [-0.25, -0.2) is 0 Å². The number of carbonyl (C=O) groups is 2. The summed E-state index contributed by atoms with van der Waals surface area (Å²) in [4.78, 5) is 21.9. The molecule has 4 nitrogen and oxygen atoms in total. The third-order valence-electron chi connectivity index (χ3n) is 1.61. The summed E-state index contributed by atoms with van der Waals surface area (Å²) in [6, 6.07) is 0. The lowest BCUT2D eigenvalue weighted by atomic mass is 9.94. The molecule has 0 fully saturated rings. The van der Waals surface area contributed by atoms with Gasteiger partial charge in [-0.15, -0.1) is 0 Å². The molecule has 0 aromatic heterocycles. The fourth-order valence-corrected chi connectivity index (χ4v) is 0.751. The van der Waals surface area contributed by atoms with Crippen molar-refractivity contribution in [2.45, 2.75) is 20.8 Å². The van der Waals surface area contributed by atoms with Crippen molar-refractivity contribution in [1.29, 1.82) is 0 Å². The third kappa shape index (κ3) is 3.55. The van der Waals surface area contributed by atoms with Gasteiger partial charge in [0, 0.05) is 6.61 Å². The van der Waals surface area contributed by atoms with Crippen LogP contribution >= 0.6 is 0 Å². The Morgan fingerprint density at radius 2 is 2.00 bits per heavy atom. The standard InChI is InChI=1S/C9H16O4/c1-4-12-7-9(3,6-10)8(11)13-5-2/h6H,4-5,7H2,1-3H3. The van der Waals surface area contributed by atoms with E-state index in [1.165, 1.54) is 6.92 Å². The summed E-state index contributed by atoms with van der Waals surface area (Å²) in [7, 11) is 0. The van der Waals surface area contributed by atoms with E-state index in [0.717, 1.165) is 0 Å². The van der Waals surface area contributed by atoms with E-state index in [4.69, 9.17) is 9.47 Å². The molecule has 0 saturated heterocycles. The fraction of sp³-hybridized carbons (Fsp3) is 0.778. The quantitative estimate of drug-likeness (QED) is 0.351. The van der Waals surface area contributed by atoms with Crippen LogP contribution in [0.2, 0.25) is 0 Å². The Hall–Kier alpha value is -0.900. The van der Waals surface area contributed by atoms with Crippen LogP contribution in [0.15, 0.2) is 0 Å². The molecule has 0 bridgehead atoms. The van der Waals surface area contributed by atoms with E-state index in [9.17, 15) is 9.59 Å². The second-order valence-electron chi connectivity index (χ2n) is 2.89. The van der Waals surface area contributed by atoms with Gasteiger partial charge in [0.25, 0.3) is 0 Å². The van der Waals surface area contributed by atoms with Crippen molar-refractivity contribution in [2.24, 2.45) is 5.41 Å². The van der Waals surface area contributed by atoms with Crippen LogP contribution in [0.1, 0.15) is 20.8 Å². The van der Waals surface area contributed by atoms with Crippen molar-refractivity contribution < 1.29 is 19.1 Å². The van der Waals surface area contributed by atoms with Crippen molar-refractivity contribution in [3.8, 4) is 0 Å². The van der Waals surface area contributed by atoms with E-state index in [0.29, 0.717) is 12.9 Å². The molecule has 0 aromatic carbocycles. The number of aldehydes is 1. The summed E-state index contributed by atoms with van der Waals surface area (Å²) in [6.45, 7) is 5.83. The maximum Gasteiger partial charge on any atom is 0.321 e. The van der Waals surface area contributed by atoms with E-state index in [-0.39, 0.29) is 13.2 Å². The number of carbonyl (C=O) groups excluding carboxylic acids is 2. The molecular formula is C9H16O4. The zero-order chi connectivity index (χ0) is 10.3. The minimum Gasteiger partial charge on any atom is -0.465 e. The zero-order valence-corrected chi connectivity index (χ0v) is 8.33. The molecule has 0 spiro atoms. The highest BCUT2D eigenvalue weighted by molar-refractivity contribution is 5.92. The Morgan fingerprint density at radius 3 is 2.38 bits per heavy atom. The van der Waals surface area contributed by atoms with Gasteiger partial charge in [-0.3, -0.25) is 4.79 Å². The van der Waals surface area contributed by atoms with Gasteiger partial charge in [0.2, 0.25) is 0 Å². The molecule has 1 unspecified atom stereocenters. The Balaban J connectivity index is 4.24. The minimum atomic E-state index is -1.16. The largest absolute Gasteiger partial charge is 0.465 e. The van der Waals surface area contributed by atoms with E-state index in [1.54, 1.807) is 13.8 Å². The van der Waals surface area contributed by atoms with Gasteiger partial charge in [0.05, 0.1) is 13.2 Å². The van der Waals surface area contributed by atoms with Crippen LogP contribution in [0.25, 0.3) is 0 Å². The van der Waals surface area contributed by atoms with Crippen molar-refractivity contribution in [3.05, 3.63) is 0 Å². The predicted octanol–water partition coefficient (Wildman–Crippen LogP) is 0.791. The Bertz CT molecular complexity index is 178. The van der Waals surface area contributed by atoms with E-state index < -0.39 is 11.4 Å². The third-order valence-corrected chi connectivity index (χ3v) is 1.61. The lowest BCUT2D eigenvalue weighted by Gasteiger charge is -2.19. The van der Waals surface area contributed by atoms with Crippen LogP contribution in [0.5, 0.6) is 0 Å². The molecule has 0 radical (unpaired) electrons. The molecule has 1 atom stereocenters. The predicted molar refractivity (Wildman–Crippen MR) is 47.3 cm³/mol. The molecule has 0 aliphatic heterocycles. The summed E-state index contributed by atoms with van der Waals surface area (Å²) in [6.07, 6.45) is 0.570. The van der Waals surface area contributed by atoms with Crippen LogP contribution in [0, 0.1) is 5.41 Å². The highest BCUT2D eigenvalue weighted by Gasteiger charge is 2.34. The first-order valence-electron chi connectivity index (χ1n) is 4.32. The summed E-state index contributed by atoms with van der Waals surface area (Å²) in [5.41, 5.74) is -1.16. The molecule has 13 heavy (non-hydrogen) atoms.